The van der Waals surface area contributed by atoms with Gasteiger partial charge in [0.2, 0.25) is 17.7 Å². The largest absolute Gasteiger partial charge is 0.391 e. The van der Waals surface area contributed by atoms with Gasteiger partial charge in [-0.2, -0.15) is 0 Å². The van der Waals surface area contributed by atoms with Gasteiger partial charge in [-0.25, -0.2) is 4.98 Å². The lowest BCUT2D eigenvalue weighted by atomic mass is 9.84. The van der Waals surface area contributed by atoms with Crippen LogP contribution < -0.4 is 10.6 Å². The Morgan fingerprint density at radius 3 is 2.45 bits per heavy atom. The fourth-order valence-corrected chi connectivity index (χ4v) is 5.81. The normalized spacial score (nSPS) is 21.2. The summed E-state index contributed by atoms with van der Waals surface area (Å²) in [7, 11) is 0. The topological polar surface area (TPSA) is 121 Å². The van der Waals surface area contributed by atoms with Crippen molar-refractivity contribution in [3.8, 4) is 10.4 Å². The third-order valence-electron chi connectivity index (χ3n) is 7.28. The molecule has 2 saturated heterocycles. The predicted molar refractivity (Wildman–Crippen MR) is 145 cm³/mol. The van der Waals surface area contributed by atoms with Crippen LogP contribution in [0.3, 0.4) is 0 Å². The van der Waals surface area contributed by atoms with E-state index >= 15 is 0 Å². The molecular weight excluding hydrogens is 504 g/mol. The second kappa shape index (κ2) is 11.9. The van der Waals surface area contributed by atoms with Crippen LogP contribution in [0.2, 0.25) is 0 Å². The molecule has 10 heteroatoms. The van der Waals surface area contributed by atoms with E-state index in [2.05, 4.69) is 15.6 Å². The molecule has 0 unspecified atom stereocenters. The molecule has 9 nitrogen and oxygen atoms in total. The van der Waals surface area contributed by atoms with E-state index in [0.717, 1.165) is 21.7 Å². The third-order valence-corrected chi connectivity index (χ3v) is 8.26. The minimum absolute atomic E-state index is 0.0551. The van der Waals surface area contributed by atoms with Crippen LogP contribution in [0.5, 0.6) is 0 Å². The first-order chi connectivity index (χ1) is 18.0. The van der Waals surface area contributed by atoms with Crippen molar-refractivity contribution in [2.24, 2.45) is 11.3 Å². The Labute approximate surface area is 228 Å². The van der Waals surface area contributed by atoms with Gasteiger partial charge in [-0.05, 0) is 36.3 Å². The first kappa shape index (κ1) is 28.2. The first-order valence-electron chi connectivity index (χ1n) is 13.2. The molecule has 3 N–H and O–H groups in total. The van der Waals surface area contributed by atoms with Crippen molar-refractivity contribution in [1.29, 1.82) is 0 Å². The van der Waals surface area contributed by atoms with Gasteiger partial charge >= 0.3 is 0 Å². The van der Waals surface area contributed by atoms with Crippen LogP contribution in [-0.2, 0) is 25.7 Å². The number of carbonyl (C=O) groups is 3. The lowest BCUT2D eigenvalue weighted by molar-refractivity contribution is -0.145. The number of aromatic nitrogens is 1. The average Bonchev–Trinajstić information content (AvgIpc) is 3.50. The molecule has 0 aliphatic carbocycles. The van der Waals surface area contributed by atoms with E-state index in [-0.39, 0.29) is 36.6 Å². The molecule has 0 saturated carbocycles. The van der Waals surface area contributed by atoms with Crippen LogP contribution in [-0.4, -0.2) is 70.7 Å². The highest BCUT2D eigenvalue weighted by molar-refractivity contribution is 7.13. The molecule has 0 spiro atoms. The van der Waals surface area contributed by atoms with Crippen LogP contribution in [0.25, 0.3) is 10.4 Å². The van der Waals surface area contributed by atoms with E-state index in [1.54, 1.807) is 11.3 Å². The number of carbonyl (C=O) groups excluding carboxylic acids is 3. The molecule has 2 aromatic rings. The number of thiazole rings is 1. The number of aliphatic hydroxyl groups is 1. The van der Waals surface area contributed by atoms with Gasteiger partial charge in [0.25, 0.3) is 0 Å². The molecule has 0 radical (unpaired) electrons. The highest BCUT2D eigenvalue weighted by Crippen LogP contribution is 2.28. The molecule has 206 valence electrons. The van der Waals surface area contributed by atoms with Gasteiger partial charge in [-0.3, -0.25) is 14.4 Å². The van der Waals surface area contributed by atoms with Gasteiger partial charge in [0.15, 0.2) is 0 Å². The summed E-state index contributed by atoms with van der Waals surface area (Å²) in [4.78, 5) is 46.7. The van der Waals surface area contributed by atoms with Crippen molar-refractivity contribution in [2.75, 3.05) is 19.8 Å². The number of likely N-dealkylation sites (tertiary alicyclic amines) is 1. The molecule has 2 aliphatic rings. The SMILES string of the molecule is Cc1ncsc1-c1ccc(CNC(=O)[C@@H]2C[C@@H](O)CN2C(=O)[C@@H](NC(=O)C2CCOCC2)C(C)(C)C)cc1. The number of aliphatic hydroxyl groups excluding tert-OH is 1. The number of rotatable bonds is 7. The maximum absolute atomic E-state index is 13.7. The van der Waals surface area contributed by atoms with E-state index in [1.165, 1.54) is 4.90 Å². The minimum Gasteiger partial charge on any atom is -0.391 e. The molecule has 0 bridgehead atoms. The average molecular weight is 543 g/mol. The van der Waals surface area contributed by atoms with Crippen molar-refractivity contribution >= 4 is 29.1 Å². The highest BCUT2D eigenvalue weighted by Gasteiger charge is 2.44. The van der Waals surface area contributed by atoms with Gasteiger partial charge in [-0.1, -0.05) is 45.0 Å². The monoisotopic (exact) mass is 542 g/mol. The summed E-state index contributed by atoms with van der Waals surface area (Å²) < 4.78 is 5.36. The predicted octanol–water partition coefficient (Wildman–Crippen LogP) is 2.65. The van der Waals surface area contributed by atoms with Gasteiger partial charge in [0.05, 0.1) is 22.2 Å². The molecule has 2 aliphatic heterocycles. The molecule has 1 aromatic heterocycles. The summed E-state index contributed by atoms with van der Waals surface area (Å²) in [5.74, 6) is -1.03. The zero-order chi connectivity index (χ0) is 27.4. The van der Waals surface area contributed by atoms with E-state index in [4.69, 9.17) is 4.74 Å². The number of nitrogens with one attached hydrogen (secondary N) is 2. The summed E-state index contributed by atoms with van der Waals surface area (Å²) in [6.45, 7) is 9.05. The smallest absolute Gasteiger partial charge is 0.246 e. The molecular formula is C28H38N4O5S. The third kappa shape index (κ3) is 6.59. The molecule has 3 amide bonds. The van der Waals surface area contributed by atoms with Crippen molar-refractivity contribution in [3.63, 3.8) is 0 Å². The Kier molecular flexibility index (Phi) is 8.85. The Bertz CT molecular complexity index is 1140. The van der Waals surface area contributed by atoms with Crippen LogP contribution >= 0.6 is 11.3 Å². The number of amides is 3. The summed E-state index contributed by atoms with van der Waals surface area (Å²) in [5, 5.41) is 16.3. The molecule has 38 heavy (non-hydrogen) atoms. The van der Waals surface area contributed by atoms with Crippen LogP contribution in [0.15, 0.2) is 29.8 Å². The van der Waals surface area contributed by atoms with E-state index in [9.17, 15) is 19.5 Å². The van der Waals surface area contributed by atoms with Gasteiger partial charge in [0, 0.05) is 38.6 Å². The Morgan fingerprint density at radius 1 is 1.16 bits per heavy atom. The molecule has 2 fully saturated rings. The quantitative estimate of drug-likeness (QED) is 0.495. The summed E-state index contributed by atoms with van der Waals surface area (Å²) in [5.41, 5.74) is 4.23. The number of hydrogen-bond acceptors (Lipinski definition) is 7. The van der Waals surface area contributed by atoms with Gasteiger partial charge in [-0.15, -0.1) is 11.3 Å². The summed E-state index contributed by atoms with van der Waals surface area (Å²) in [6, 6.07) is 6.31. The number of aryl methyl sites for hydroxylation is 1. The number of ether oxygens (including phenoxy) is 1. The summed E-state index contributed by atoms with van der Waals surface area (Å²) in [6.07, 6.45) is 0.597. The molecule has 3 heterocycles. The second-order valence-electron chi connectivity index (χ2n) is 11.3. The standard InChI is InChI=1S/C28H38N4O5S/c1-17-23(38-16-30-17)19-7-5-18(6-8-19)14-29-26(35)22-13-21(33)15-32(22)27(36)24(28(2,3)4)31-25(34)20-9-11-37-12-10-20/h5-8,16,20-22,24,33H,9-15H2,1-4H3,(H,29,35)(H,31,34)/t21-,22+,24-/m1/s1. The first-order valence-corrected chi connectivity index (χ1v) is 14.1. The van der Waals surface area contributed by atoms with Crippen molar-refractivity contribution in [1.82, 2.24) is 20.5 Å². The molecule has 1 aromatic carbocycles. The van der Waals surface area contributed by atoms with E-state index in [0.29, 0.717) is 32.6 Å². The maximum atomic E-state index is 13.7. The van der Waals surface area contributed by atoms with E-state index in [1.807, 2.05) is 57.5 Å². The summed E-state index contributed by atoms with van der Waals surface area (Å²) >= 11 is 1.59. The lowest BCUT2D eigenvalue weighted by Gasteiger charge is -2.36. The Balaban J connectivity index is 1.41. The lowest BCUT2D eigenvalue weighted by Crippen LogP contribution is -2.58. The van der Waals surface area contributed by atoms with Crippen LogP contribution in [0.1, 0.15) is 51.3 Å². The number of β-amino-alcohol motifs (C(OH)–C–C–N with tert-alkyl or cyclic N) is 1. The number of nitrogens with zero attached hydrogens (tertiary/aromatic N) is 2. The Hall–Kier alpha value is -2.82. The van der Waals surface area contributed by atoms with Crippen molar-refractivity contribution < 1.29 is 24.2 Å². The second-order valence-corrected chi connectivity index (χ2v) is 12.1. The minimum atomic E-state index is -0.818. The van der Waals surface area contributed by atoms with Gasteiger partial charge in [0.1, 0.15) is 12.1 Å². The fourth-order valence-electron chi connectivity index (χ4n) is 5.00. The van der Waals surface area contributed by atoms with Crippen LogP contribution in [0.4, 0.5) is 0 Å². The van der Waals surface area contributed by atoms with Crippen LogP contribution in [0, 0.1) is 18.3 Å². The zero-order valence-electron chi connectivity index (χ0n) is 22.5. The highest BCUT2D eigenvalue weighted by atomic mass is 32.1. The Morgan fingerprint density at radius 2 is 1.84 bits per heavy atom. The molecule has 4 rings (SSSR count). The van der Waals surface area contributed by atoms with Gasteiger partial charge < -0.3 is 25.4 Å². The van der Waals surface area contributed by atoms with E-state index < -0.39 is 23.6 Å². The maximum Gasteiger partial charge on any atom is 0.246 e. The molecule has 3 atom stereocenters. The van der Waals surface area contributed by atoms with Crippen molar-refractivity contribution in [3.05, 3.63) is 41.0 Å². The number of hydrogen-bond donors (Lipinski definition) is 3. The number of benzene rings is 1. The zero-order valence-corrected chi connectivity index (χ0v) is 23.3. The fraction of sp³-hybridized carbons (Fsp3) is 0.571. The van der Waals surface area contributed by atoms with Crippen molar-refractivity contribution in [2.45, 2.75) is 71.7 Å².